The van der Waals surface area contributed by atoms with Crippen molar-refractivity contribution in [3.63, 3.8) is 0 Å². The minimum Gasteiger partial charge on any atom is -0.493 e. The molecule has 2 N–H and O–H groups in total. The lowest BCUT2D eigenvalue weighted by molar-refractivity contribution is -0.137. The van der Waals surface area contributed by atoms with Gasteiger partial charge < -0.3 is 20.1 Å². The third kappa shape index (κ3) is 5.68. The van der Waals surface area contributed by atoms with Crippen molar-refractivity contribution < 1.29 is 27.4 Å². The summed E-state index contributed by atoms with van der Waals surface area (Å²) in [4.78, 5) is 11.9. The highest BCUT2D eigenvalue weighted by molar-refractivity contribution is 6.31. The summed E-state index contributed by atoms with van der Waals surface area (Å²) >= 11 is 5.55. The number of amides is 2. The minimum atomic E-state index is -4.60. The number of rotatable bonds is 6. The Morgan fingerprint density at radius 2 is 1.78 bits per heavy atom. The van der Waals surface area contributed by atoms with Gasteiger partial charge in [-0.15, -0.1) is 0 Å². The van der Waals surface area contributed by atoms with E-state index in [1.54, 1.807) is 12.1 Å². The van der Waals surface area contributed by atoms with Crippen LogP contribution < -0.4 is 20.1 Å². The van der Waals surface area contributed by atoms with Crippen LogP contribution in [0.2, 0.25) is 5.02 Å². The van der Waals surface area contributed by atoms with Crippen LogP contribution in [0.15, 0.2) is 36.4 Å². The molecule has 0 saturated carbocycles. The standard InChI is InChI=1S/C18H18ClF3N2O3/c1-26-15-6-3-11(9-16(15)27-2)7-8-23-17(25)24-12-4-5-14(19)13(10-12)18(20,21)22/h3-6,9-10H,7-8H2,1-2H3,(H2,23,24,25). The van der Waals surface area contributed by atoms with Crippen LogP contribution in [-0.2, 0) is 12.6 Å². The number of anilines is 1. The number of carbonyl (C=O) groups is 1. The van der Waals surface area contributed by atoms with Gasteiger partial charge in [0.25, 0.3) is 0 Å². The van der Waals surface area contributed by atoms with Gasteiger partial charge in [-0.2, -0.15) is 13.2 Å². The quantitative estimate of drug-likeness (QED) is 0.733. The molecule has 0 radical (unpaired) electrons. The van der Waals surface area contributed by atoms with Gasteiger partial charge in [-0.05, 0) is 42.3 Å². The van der Waals surface area contributed by atoms with Crippen molar-refractivity contribution in [1.29, 1.82) is 0 Å². The van der Waals surface area contributed by atoms with E-state index < -0.39 is 22.8 Å². The Labute approximate surface area is 159 Å². The summed E-state index contributed by atoms with van der Waals surface area (Å²) in [6, 6.07) is 7.92. The average Bonchev–Trinajstić information content (AvgIpc) is 2.62. The summed E-state index contributed by atoms with van der Waals surface area (Å²) in [5, 5.41) is 4.51. The molecule has 0 fully saturated rings. The fourth-order valence-corrected chi connectivity index (χ4v) is 2.58. The number of hydrogen-bond acceptors (Lipinski definition) is 3. The molecule has 0 bridgehead atoms. The number of methoxy groups -OCH3 is 2. The van der Waals surface area contributed by atoms with Crippen molar-refractivity contribution in [2.75, 3.05) is 26.1 Å². The number of alkyl halides is 3. The number of carbonyl (C=O) groups excluding carboxylic acids is 1. The van der Waals surface area contributed by atoms with E-state index in [9.17, 15) is 18.0 Å². The molecule has 0 aliphatic rings. The van der Waals surface area contributed by atoms with E-state index >= 15 is 0 Å². The lowest BCUT2D eigenvalue weighted by atomic mass is 10.1. The summed E-state index contributed by atoms with van der Waals surface area (Å²) in [6.45, 7) is 0.279. The lowest BCUT2D eigenvalue weighted by Crippen LogP contribution is -2.30. The molecule has 9 heteroatoms. The fraction of sp³-hybridized carbons (Fsp3) is 0.278. The molecule has 2 aromatic carbocycles. The first-order chi connectivity index (χ1) is 12.7. The SMILES string of the molecule is COc1ccc(CCNC(=O)Nc2ccc(Cl)c(C(F)(F)F)c2)cc1OC. The molecule has 2 rings (SSSR count). The van der Waals surface area contributed by atoms with Crippen LogP contribution in [0.3, 0.4) is 0 Å². The maximum atomic E-state index is 12.8. The van der Waals surface area contributed by atoms with Crippen molar-refractivity contribution >= 4 is 23.3 Å². The molecule has 146 valence electrons. The van der Waals surface area contributed by atoms with Gasteiger partial charge in [0.15, 0.2) is 11.5 Å². The van der Waals surface area contributed by atoms with E-state index in [1.807, 2.05) is 6.07 Å². The third-order valence-corrected chi connectivity index (χ3v) is 4.01. The second kappa shape index (κ2) is 8.85. The molecule has 0 aliphatic carbocycles. The second-order valence-electron chi connectivity index (χ2n) is 5.51. The van der Waals surface area contributed by atoms with Crippen LogP contribution in [-0.4, -0.2) is 26.8 Å². The summed E-state index contributed by atoms with van der Waals surface area (Å²) in [7, 11) is 3.05. The van der Waals surface area contributed by atoms with Gasteiger partial charge in [0.2, 0.25) is 0 Å². The van der Waals surface area contributed by atoms with Gasteiger partial charge >= 0.3 is 12.2 Å². The van der Waals surface area contributed by atoms with Crippen LogP contribution in [0.1, 0.15) is 11.1 Å². The number of nitrogens with one attached hydrogen (secondary N) is 2. The predicted molar refractivity (Wildman–Crippen MR) is 96.7 cm³/mol. The number of ether oxygens (including phenoxy) is 2. The Kier molecular flexibility index (Phi) is 6.79. The molecule has 0 atom stereocenters. The first-order valence-corrected chi connectivity index (χ1v) is 8.25. The molecule has 2 amide bonds. The summed E-state index contributed by atoms with van der Waals surface area (Å²) < 4.78 is 48.9. The van der Waals surface area contributed by atoms with Gasteiger partial charge in [0, 0.05) is 12.2 Å². The Balaban J connectivity index is 1.92. The van der Waals surface area contributed by atoms with Crippen molar-refractivity contribution in [1.82, 2.24) is 5.32 Å². The zero-order valence-electron chi connectivity index (χ0n) is 14.6. The molecule has 0 heterocycles. The molecule has 5 nitrogen and oxygen atoms in total. The van der Waals surface area contributed by atoms with Gasteiger partial charge in [-0.3, -0.25) is 0 Å². The van der Waals surface area contributed by atoms with Crippen LogP contribution in [0.5, 0.6) is 11.5 Å². The summed E-state index contributed by atoms with van der Waals surface area (Å²) in [5.74, 6) is 1.16. The van der Waals surface area contributed by atoms with E-state index in [2.05, 4.69) is 10.6 Å². The first-order valence-electron chi connectivity index (χ1n) is 7.87. The van der Waals surface area contributed by atoms with Crippen LogP contribution in [0.25, 0.3) is 0 Å². The van der Waals surface area contributed by atoms with Gasteiger partial charge in [-0.25, -0.2) is 4.79 Å². The molecule has 0 unspecified atom stereocenters. The zero-order valence-corrected chi connectivity index (χ0v) is 15.4. The highest BCUT2D eigenvalue weighted by atomic mass is 35.5. The highest BCUT2D eigenvalue weighted by Gasteiger charge is 2.33. The summed E-state index contributed by atoms with van der Waals surface area (Å²) in [5.41, 5.74) is -0.110. The topological polar surface area (TPSA) is 59.6 Å². The fourth-order valence-electron chi connectivity index (χ4n) is 2.35. The summed E-state index contributed by atoms with van der Waals surface area (Å²) in [6.07, 6.45) is -4.10. The lowest BCUT2D eigenvalue weighted by Gasteiger charge is -2.13. The second-order valence-corrected chi connectivity index (χ2v) is 5.92. The normalized spacial score (nSPS) is 11.0. The van der Waals surface area contributed by atoms with Gasteiger partial charge in [-0.1, -0.05) is 17.7 Å². The van der Waals surface area contributed by atoms with E-state index in [4.69, 9.17) is 21.1 Å². The average molecular weight is 403 g/mol. The van der Waals surface area contributed by atoms with Gasteiger partial charge in [0.05, 0.1) is 24.8 Å². The smallest absolute Gasteiger partial charge is 0.417 e. The minimum absolute atomic E-state index is 0.00431. The van der Waals surface area contributed by atoms with E-state index in [-0.39, 0.29) is 12.2 Å². The van der Waals surface area contributed by atoms with Crippen LogP contribution in [0, 0.1) is 0 Å². The van der Waals surface area contributed by atoms with Crippen molar-refractivity contribution in [2.45, 2.75) is 12.6 Å². The van der Waals surface area contributed by atoms with Gasteiger partial charge in [0.1, 0.15) is 0 Å². The van der Waals surface area contributed by atoms with E-state index in [0.29, 0.717) is 17.9 Å². The zero-order chi connectivity index (χ0) is 20.0. The molecule has 0 spiro atoms. The van der Waals surface area contributed by atoms with Crippen LogP contribution >= 0.6 is 11.6 Å². The first kappa shape index (κ1) is 20.7. The number of urea groups is 1. The molecule has 0 aliphatic heterocycles. The molecule has 27 heavy (non-hydrogen) atoms. The molecular formula is C18H18ClF3N2O3. The Bertz CT molecular complexity index is 813. The molecule has 0 saturated heterocycles. The van der Waals surface area contributed by atoms with E-state index in [0.717, 1.165) is 17.7 Å². The maximum Gasteiger partial charge on any atom is 0.417 e. The Hall–Kier alpha value is -2.61. The predicted octanol–water partition coefficient (Wildman–Crippen LogP) is 4.74. The Morgan fingerprint density at radius 1 is 1.07 bits per heavy atom. The largest absolute Gasteiger partial charge is 0.493 e. The van der Waals surface area contributed by atoms with E-state index in [1.165, 1.54) is 20.3 Å². The molecular weight excluding hydrogens is 385 g/mol. The molecule has 0 aromatic heterocycles. The third-order valence-electron chi connectivity index (χ3n) is 3.68. The number of benzene rings is 2. The number of hydrogen-bond donors (Lipinski definition) is 2. The Morgan fingerprint density at radius 3 is 2.41 bits per heavy atom. The molecule has 2 aromatic rings. The highest BCUT2D eigenvalue weighted by Crippen LogP contribution is 2.36. The number of halogens is 4. The van der Waals surface area contributed by atoms with Crippen molar-refractivity contribution in [3.8, 4) is 11.5 Å². The van der Waals surface area contributed by atoms with Crippen LogP contribution in [0.4, 0.5) is 23.7 Å². The van der Waals surface area contributed by atoms with Crippen molar-refractivity contribution in [3.05, 3.63) is 52.5 Å². The monoisotopic (exact) mass is 402 g/mol. The van der Waals surface area contributed by atoms with Crippen molar-refractivity contribution in [2.24, 2.45) is 0 Å². The maximum absolute atomic E-state index is 12.8.